The monoisotopic (exact) mass is 464 g/mol. The largest absolute Gasteiger partial charge is 0.507 e. The summed E-state index contributed by atoms with van der Waals surface area (Å²) in [6.07, 6.45) is 2.47. The molecule has 9 nitrogen and oxygen atoms in total. The van der Waals surface area contributed by atoms with E-state index in [1.807, 2.05) is 23.1 Å². The smallest absolute Gasteiger partial charge is 0.258 e. The van der Waals surface area contributed by atoms with Gasteiger partial charge in [0.15, 0.2) is 0 Å². The lowest BCUT2D eigenvalue weighted by Crippen LogP contribution is -2.34. The predicted octanol–water partition coefficient (Wildman–Crippen LogP) is 2.96. The Morgan fingerprint density at radius 2 is 2.00 bits per heavy atom. The van der Waals surface area contributed by atoms with Crippen LogP contribution in [0.15, 0.2) is 30.3 Å². The number of hydrogen-bond acceptors (Lipinski definition) is 6. The van der Waals surface area contributed by atoms with Crippen LogP contribution in [0, 0.1) is 0 Å². The molecule has 3 heterocycles. The Kier molecular flexibility index (Phi) is 6.10. The predicted molar refractivity (Wildman–Crippen MR) is 124 cm³/mol. The minimum Gasteiger partial charge on any atom is -0.507 e. The third-order valence-corrected chi connectivity index (χ3v) is 6.49. The van der Waals surface area contributed by atoms with Crippen molar-refractivity contribution in [3.8, 4) is 11.5 Å². The van der Waals surface area contributed by atoms with Crippen molar-refractivity contribution < 1.29 is 24.2 Å². The number of methoxy groups -OCH3 is 1. The van der Waals surface area contributed by atoms with Crippen molar-refractivity contribution in [1.82, 2.24) is 20.0 Å². The zero-order valence-corrected chi connectivity index (χ0v) is 19.2. The summed E-state index contributed by atoms with van der Waals surface area (Å²) in [6.45, 7) is 2.99. The van der Waals surface area contributed by atoms with Gasteiger partial charge < -0.3 is 24.4 Å². The number of phenols is 1. The van der Waals surface area contributed by atoms with Gasteiger partial charge in [-0.2, -0.15) is 5.10 Å². The second kappa shape index (κ2) is 9.34. The van der Waals surface area contributed by atoms with Gasteiger partial charge in [0.2, 0.25) is 5.91 Å². The van der Waals surface area contributed by atoms with Gasteiger partial charge in [0, 0.05) is 44.6 Å². The molecule has 0 radical (unpaired) electrons. The number of carbonyl (C=O) groups is 2. The molecule has 1 saturated heterocycles. The van der Waals surface area contributed by atoms with Crippen molar-refractivity contribution in [2.75, 3.05) is 26.9 Å². The molecular formula is C25H28N4O5. The average molecular weight is 465 g/mol. The maximum Gasteiger partial charge on any atom is 0.258 e. The highest BCUT2D eigenvalue weighted by atomic mass is 16.5. The van der Waals surface area contributed by atoms with E-state index in [4.69, 9.17) is 9.47 Å². The third-order valence-electron chi connectivity index (χ3n) is 6.49. The van der Waals surface area contributed by atoms with Crippen molar-refractivity contribution in [2.24, 2.45) is 0 Å². The molecule has 1 fully saturated rings. The van der Waals surface area contributed by atoms with Crippen LogP contribution in [0.2, 0.25) is 0 Å². The number of likely N-dealkylation sites (tertiary alicyclic amines) is 1. The van der Waals surface area contributed by atoms with Crippen LogP contribution in [0.25, 0.3) is 10.9 Å². The highest BCUT2D eigenvalue weighted by Gasteiger charge is 2.28. The van der Waals surface area contributed by atoms with Crippen molar-refractivity contribution in [3.63, 3.8) is 0 Å². The number of benzene rings is 2. The van der Waals surface area contributed by atoms with E-state index in [2.05, 4.69) is 10.2 Å². The Morgan fingerprint density at radius 1 is 1.15 bits per heavy atom. The van der Waals surface area contributed by atoms with E-state index >= 15 is 0 Å². The van der Waals surface area contributed by atoms with Crippen molar-refractivity contribution in [3.05, 3.63) is 52.7 Å². The van der Waals surface area contributed by atoms with Gasteiger partial charge in [0.25, 0.3) is 5.91 Å². The van der Waals surface area contributed by atoms with E-state index < -0.39 is 0 Å². The number of amides is 2. The summed E-state index contributed by atoms with van der Waals surface area (Å²) in [7, 11) is 1.63. The number of aromatic hydroxyl groups is 1. The number of H-pyrrole nitrogens is 1. The van der Waals surface area contributed by atoms with Gasteiger partial charge in [-0.05, 0) is 42.2 Å². The molecule has 0 saturated carbocycles. The zero-order chi connectivity index (χ0) is 23.7. The SMILES string of the molecule is COCCOc1ccc2c(c1)CN(C(=O)c1cc3c(CN4CCCCC4=O)[nH]nc3cc1O)C2. The molecule has 178 valence electrons. The number of carbonyl (C=O) groups excluding carboxylic acids is 2. The fourth-order valence-electron chi connectivity index (χ4n) is 4.63. The molecule has 0 unspecified atom stereocenters. The fraction of sp³-hybridized carbons (Fsp3) is 0.400. The second-order valence-corrected chi connectivity index (χ2v) is 8.79. The van der Waals surface area contributed by atoms with Crippen LogP contribution >= 0.6 is 0 Å². The standard InChI is InChI=1S/C25H28N4O5/c1-33-8-9-34-18-6-5-16-13-29(14-17(16)10-18)25(32)20-11-19-21(12-23(20)30)26-27-22(19)15-28-7-3-2-4-24(28)31/h5-6,10-12,30H,2-4,7-9,13-15H2,1H3,(H,26,27). The number of aromatic nitrogens is 2. The van der Waals surface area contributed by atoms with Crippen LogP contribution in [-0.2, 0) is 29.2 Å². The van der Waals surface area contributed by atoms with Crippen LogP contribution in [0.4, 0.5) is 0 Å². The molecule has 0 atom stereocenters. The molecule has 0 aliphatic carbocycles. The number of piperidine rings is 1. The molecule has 5 rings (SSSR count). The normalized spacial score (nSPS) is 15.7. The number of aromatic amines is 1. The van der Waals surface area contributed by atoms with Gasteiger partial charge in [-0.3, -0.25) is 14.7 Å². The summed E-state index contributed by atoms with van der Waals surface area (Å²) in [6, 6.07) is 9.00. The van der Waals surface area contributed by atoms with Crippen molar-refractivity contribution >= 4 is 22.7 Å². The Morgan fingerprint density at radius 3 is 2.82 bits per heavy atom. The lowest BCUT2D eigenvalue weighted by Gasteiger charge is -2.26. The van der Waals surface area contributed by atoms with Gasteiger partial charge in [0.1, 0.15) is 18.1 Å². The molecule has 2 aromatic carbocycles. The number of fused-ring (bicyclic) bond motifs is 2. The molecule has 9 heteroatoms. The molecule has 0 spiro atoms. The molecule has 2 aliphatic rings. The molecule has 34 heavy (non-hydrogen) atoms. The summed E-state index contributed by atoms with van der Waals surface area (Å²) < 4.78 is 10.7. The maximum absolute atomic E-state index is 13.4. The average Bonchev–Trinajstić information content (AvgIpc) is 3.43. The highest BCUT2D eigenvalue weighted by molar-refractivity contribution is 6.01. The first kappa shape index (κ1) is 22.2. The summed E-state index contributed by atoms with van der Waals surface area (Å²) >= 11 is 0. The van der Waals surface area contributed by atoms with E-state index in [1.165, 1.54) is 6.07 Å². The lowest BCUT2D eigenvalue weighted by molar-refractivity contribution is -0.133. The molecule has 1 aromatic heterocycles. The molecule has 2 N–H and O–H groups in total. The molecule has 2 aliphatic heterocycles. The van der Waals surface area contributed by atoms with Gasteiger partial charge in [0.05, 0.1) is 29.9 Å². The number of phenolic OH excluding ortho intramolecular Hbond substituents is 1. The first-order chi connectivity index (χ1) is 16.5. The first-order valence-electron chi connectivity index (χ1n) is 11.5. The first-order valence-corrected chi connectivity index (χ1v) is 11.5. The molecule has 0 bridgehead atoms. The van der Waals surface area contributed by atoms with E-state index in [1.54, 1.807) is 18.1 Å². The van der Waals surface area contributed by atoms with Gasteiger partial charge in [-0.25, -0.2) is 0 Å². The van der Waals surface area contributed by atoms with Gasteiger partial charge in [-0.15, -0.1) is 0 Å². The van der Waals surface area contributed by atoms with E-state index in [0.29, 0.717) is 51.3 Å². The molecule has 2 amide bonds. The number of hydrogen-bond donors (Lipinski definition) is 2. The van der Waals surface area contributed by atoms with Crippen LogP contribution in [0.3, 0.4) is 0 Å². The van der Waals surface area contributed by atoms with E-state index in [0.717, 1.165) is 40.8 Å². The quantitative estimate of drug-likeness (QED) is 0.521. The number of ether oxygens (including phenoxy) is 2. The summed E-state index contributed by atoms with van der Waals surface area (Å²) in [4.78, 5) is 29.1. The summed E-state index contributed by atoms with van der Waals surface area (Å²) in [5.74, 6) is 0.511. The van der Waals surface area contributed by atoms with Crippen LogP contribution in [-0.4, -0.2) is 63.8 Å². The Bertz CT molecular complexity index is 1240. The van der Waals surface area contributed by atoms with Crippen LogP contribution < -0.4 is 4.74 Å². The topological polar surface area (TPSA) is 108 Å². The van der Waals surface area contributed by atoms with Gasteiger partial charge in [-0.1, -0.05) is 6.07 Å². The number of nitrogens with zero attached hydrogens (tertiary/aromatic N) is 3. The van der Waals surface area contributed by atoms with Crippen LogP contribution in [0.1, 0.15) is 46.4 Å². The Balaban J connectivity index is 1.35. The second-order valence-electron chi connectivity index (χ2n) is 8.79. The maximum atomic E-state index is 13.4. The summed E-state index contributed by atoms with van der Waals surface area (Å²) in [5.41, 5.74) is 3.64. The number of nitrogens with one attached hydrogen (secondary N) is 1. The van der Waals surface area contributed by atoms with Crippen molar-refractivity contribution in [2.45, 2.75) is 38.9 Å². The minimum atomic E-state index is -0.251. The fourth-order valence-corrected chi connectivity index (χ4v) is 4.63. The van der Waals surface area contributed by atoms with E-state index in [-0.39, 0.29) is 23.1 Å². The highest BCUT2D eigenvalue weighted by Crippen LogP contribution is 2.32. The van der Waals surface area contributed by atoms with E-state index in [9.17, 15) is 14.7 Å². The Labute approximate surface area is 197 Å². The minimum absolute atomic E-state index is 0.107. The van der Waals surface area contributed by atoms with Gasteiger partial charge >= 0.3 is 0 Å². The lowest BCUT2D eigenvalue weighted by atomic mass is 10.1. The van der Waals surface area contributed by atoms with Crippen LogP contribution in [0.5, 0.6) is 11.5 Å². The summed E-state index contributed by atoms with van der Waals surface area (Å²) in [5, 5.41) is 18.6. The zero-order valence-electron chi connectivity index (χ0n) is 19.2. The number of rotatable bonds is 7. The Hall–Kier alpha value is -3.59. The molecule has 3 aromatic rings. The third kappa shape index (κ3) is 4.31. The van der Waals surface area contributed by atoms with Crippen molar-refractivity contribution in [1.29, 1.82) is 0 Å². The molecular weight excluding hydrogens is 436 g/mol.